The standard InChI is InChI=1S/C26H17ClFN3O3.C21H14ClFIN3O.C13H11ClFNO.C8H4ClIN2.C7H8O3S.C5H5BO4.C3H9NO2S.C2H6.ClH/c27-22-12-19(5-8-25(22)33-14-16-2-1-3-18(28)10-16)31-26-21-11-17(4-7-23(21)29-15-30-26)24-9-6-20(13-32)34-24;22-18-10-16(5-7-20(18)28-11-13-2-1-3-14(23)8-13)27-21-17-9-15(24)4-6-19(17)25-12-26-21;14-12-7-11(16)4-5-13(12)17-8-9-2-1-3-10(15)6-9;9-8-6-3-5(10)1-2-7(6)11-4-12-8;1-6-2-4-7(5-3-6)11(8,9)10;7-3-4-1-2-5(10-4)6(8)9;1-7(5,6)3-2-4;1-2;/h1-13,15H,14H2,(H,29,30,31);1-10,12H,11H2,(H,25,26,27);1-7H,8,16H2;1-4H;2-5H,1H3,(H,8,9,10);1-3,8-9H;2-4H2,1H3;1-2H3;1H. The van der Waals surface area contributed by atoms with Gasteiger partial charge in [0.15, 0.2) is 24.1 Å². The average Bonchev–Trinajstić information content (AvgIpc) is 1.36. The van der Waals surface area contributed by atoms with Gasteiger partial charge in [-0.15, -0.1) is 12.4 Å². The molecule has 0 atom stereocenters. The number of carbonyl (C=O) groups is 2. The van der Waals surface area contributed by atoms with Gasteiger partial charge in [-0.05, 0) is 251 Å². The molecule has 122 heavy (non-hydrogen) atoms. The second-order valence-electron chi connectivity index (χ2n) is 24.9. The number of benzene rings is 10. The predicted molar refractivity (Wildman–Crippen MR) is 492 cm³/mol. The van der Waals surface area contributed by atoms with E-state index in [2.05, 4.69) is 90.1 Å². The molecule has 0 aliphatic heterocycles. The minimum Gasteiger partial charge on any atom is -0.487 e. The summed E-state index contributed by atoms with van der Waals surface area (Å²) in [4.78, 5) is 46.2. The lowest BCUT2D eigenvalue weighted by molar-refractivity contribution is 0.109. The Labute approximate surface area is 754 Å². The largest absolute Gasteiger partial charge is 0.526 e. The molecule has 0 saturated heterocycles. The molecule has 9 N–H and O–H groups in total. The molecule has 5 heterocycles. The van der Waals surface area contributed by atoms with Gasteiger partial charge in [0.05, 0.1) is 42.3 Å². The zero-order chi connectivity index (χ0) is 87.8. The Morgan fingerprint density at radius 3 is 1.34 bits per heavy atom. The SMILES string of the molecule is CC.CS(=O)(=O)CCN.Cc1ccc(S(=O)(=O)O)cc1.Cl.Clc1ncnc2ccc(I)cc12.Fc1cccc(COc2ccc(Nc3ncnc4ccc(I)cc34)cc2Cl)c1.Nc1ccc(OCc2cccc(F)c2)c(Cl)c1.O=Cc1ccc(-c2ccc3ncnc(Nc4ccc(OCc5cccc(F)c5)c(Cl)c4)c3c2)o1.O=Cc1ccc(B(O)O)o1. The first kappa shape index (κ1) is 98.5. The molecule has 0 spiro atoms. The summed E-state index contributed by atoms with van der Waals surface area (Å²) < 4.78 is 119. The first-order valence-corrected chi connectivity index (χ1v) is 43.0. The van der Waals surface area contributed by atoms with Gasteiger partial charge in [0.1, 0.15) is 112 Å². The number of halogens is 10. The number of aldehydes is 2. The van der Waals surface area contributed by atoms with Crippen LogP contribution in [0.2, 0.25) is 20.2 Å². The van der Waals surface area contributed by atoms with E-state index in [0.29, 0.717) is 84.4 Å². The number of hydrogen-bond acceptors (Lipinski definition) is 23. The number of aryl methyl sites for hydroxylation is 1. The lowest BCUT2D eigenvalue weighted by Crippen LogP contribution is -2.27. The molecule has 634 valence electrons. The highest BCUT2D eigenvalue weighted by molar-refractivity contribution is 14.1. The van der Waals surface area contributed by atoms with E-state index < -0.39 is 27.1 Å². The average molecular weight is 2020 g/mol. The predicted octanol–water partition coefficient (Wildman–Crippen LogP) is 20.1. The van der Waals surface area contributed by atoms with E-state index in [1.165, 1.54) is 85.9 Å². The van der Waals surface area contributed by atoms with Crippen LogP contribution in [0.5, 0.6) is 17.2 Å². The quantitative estimate of drug-likeness (QED) is 0.00930. The minimum absolute atomic E-state index is 0. The monoisotopic (exact) mass is 2020 g/mol. The fraction of sp³-hybridized carbons (Fsp3) is 0.106. The molecule has 0 amide bonds. The molecule has 15 rings (SSSR count). The second kappa shape index (κ2) is 48.9. The van der Waals surface area contributed by atoms with Crippen LogP contribution in [0.25, 0.3) is 44.0 Å². The van der Waals surface area contributed by atoms with Gasteiger partial charge < -0.3 is 55.2 Å². The molecule has 0 radical (unpaired) electrons. The van der Waals surface area contributed by atoms with Crippen LogP contribution >= 0.6 is 104 Å². The number of nitrogens with one attached hydrogen (secondary N) is 2. The van der Waals surface area contributed by atoms with Crippen molar-refractivity contribution in [2.45, 2.75) is 45.5 Å². The molecule has 0 unspecified atom stereocenters. The molecule has 5 aromatic heterocycles. The third-order valence-electron chi connectivity index (χ3n) is 15.8. The van der Waals surface area contributed by atoms with Gasteiger partial charge in [-0.3, -0.25) is 14.1 Å². The number of hydrogen-bond donors (Lipinski definition) is 7. The molecule has 0 aliphatic rings. The van der Waals surface area contributed by atoms with Crippen LogP contribution in [0.15, 0.2) is 263 Å². The summed E-state index contributed by atoms with van der Waals surface area (Å²) in [6.07, 6.45) is 6.79. The van der Waals surface area contributed by atoms with E-state index in [9.17, 15) is 39.6 Å². The topological polar surface area (TPSA) is 371 Å². The Morgan fingerprint density at radius 2 is 0.934 bits per heavy atom. The van der Waals surface area contributed by atoms with Crippen LogP contribution in [-0.4, -0.2) is 99.6 Å². The van der Waals surface area contributed by atoms with E-state index >= 15 is 0 Å². The molecule has 10 aromatic carbocycles. The first-order chi connectivity index (χ1) is 57.9. The van der Waals surface area contributed by atoms with Crippen molar-refractivity contribution in [3.63, 3.8) is 0 Å². The molecule has 0 bridgehead atoms. The molecular weight excluding hydrogens is 1950 g/mol. The van der Waals surface area contributed by atoms with Gasteiger partial charge >= 0.3 is 7.12 Å². The molecule has 15 aromatic rings. The number of anilines is 5. The van der Waals surface area contributed by atoms with Gasteiger partial charge in [-0.25, -0.2) is 51.5 Å². The zero-order valence-corrected chi connectivity index (χ0v) is 74.5. The van der Waals surface area contributed by atoms with Gasteiger partial charge in [-0.1, -0.05) is 114 Å². The van der Waals surface area contributed by atoms with Crippen LogP contribution in [0, 0.1) is 31.5 Å². The molecular formula is C85H75BCl5F3I2N10O14S2. The molecule has 24 nitrogen and oxygen atoms in total. The molecule has 0 fully saturated rings. The van der Waals surface area contributed by atoms with E-state index in [1.54, 1.807) is 103 Å². The van der Waals surface area contributed by atoms with E-state index in [1.807, 2.05) is 87.5 Å². The van der Waals surface area contributed by atoms with E-state index in [-0.39, 0.29) is 84.1 Å². The first-order valence-electron chi connectivity index (χ1n) is 35.8. The van der Waals surface area contributed by atoms with E-state index in [4.69, 9.17) is 91.1 Å². The summed E-state index contributed by atoms with van der Waals surface area (Å²) in [5, 5.41) is 27.9. The fourth-order valence-electron chi connectivity index (χ4n) is 10.2. The van der Waals surface area contributed by atoms with Crippen LogP contribution in [-0.2, 0) is 39.8 Å². The number of rotatable bonds is 20. The third-order valence-corrected chi connectivity index (χ3v) is 20.2. The van der Waals surface area contributed by atoms with Crippen molar-refractivity contribution in [2.24, 2.45) is 5.73 Å². The van der Waals surface area contributed by atoms with Crippen molar-refractivity contribution < 1.29 is 77.2 Å². The summed E-state index contributed by atoms with van der Waals surface area (Å²) >= 11 is 29.1. The second-order valence-corrected chi connectivity index (χ2v) is 32.7. The van der Waals surface area contributed by atoms with Gasteiger partial charge in [0.25, 0.3) is 10.1 Å². The van der Waals surface area contributed by atoms with Crippen LogP contribution < -0.4 is 42.0 Å². The summed E-state index contributed by atoms with van der Waals surface area (Å²) in [6, 6.07) is 64.0. The number of furan rings is 2. The zero-order valence-electron chi connectivity index (χ0n) is 64.7. The Morgan fingerprint density at radius 1 is 0.508 bits per heavy atom. The lowest BCUT2D eigenvalue weighted by atomic mass is 9.88. The van der Waals surface area contributed by atoms with Crippen LogP contribution in [0.1, 0.15) is 57.2 Å². The number of carbonyl (C=O) groups excluding carboxylic acids is 2. The van der Waals surface area contributed by atoms with Gasteiger partial charge in [0, 0.05) is 58.7 Å². The van der Waals surface area contributed by atoms with Crippen molar-refractivity contribution in [2.75, 3.05) is 34.9 Å². The van der Waals surface area contributed by atoms with Crippen molar-refractivity contribution in [3.05, 3.63) is 328 Å². The van der Waals surface area contributed by atoms with Crippen molar-refractivity contribution in [1.82, 2.24) is 29.9 Å². The number of fused-ring (bicyclic) bond motifs is 3. The fourth-order valence-corrected chi connectivity index (χ4v) is 13.0. The maximum absolute atomic E-state index is 13.4. The number of nitrogens with zero attached hydrogens (tertiary/aromatic N) is 6. The highest BCUT2D eigenvalue weighted by atomic mass is 127. The summed E-state index contributed by atoms with van der Waals surface area (Å²) in [7, 11) is -8.46. The number of sulfone groups is 1. The highest BCUT2D eigenvalue weighted by Gasteiger charge is 2.17. The number of nitrogen functional groups attached to an aromatic ring is 1. The highest BCUT2D eigenvalue weighted by Crippen LogP contribution is 2.35. The molecule has 0 aliphatic carbocycles. The summed E-state index contributed by atoms with van der Waals surface area (Å²) in [5.74, 6) is 2.94. The Balaban J connectivity index is 0.000000208. The summed E-state index contributed by atoms with van der Waals surface area (Å²) in [6.45, 7) is 6.76. The minimum atomic E-state index is -4.02. The molecule has 0 saturated carbocycles. The van der Waals surface area contributed by atoms with Crippen molar-refractivity contribution in [1.29, 1.82) is 0 Å². The Hall–Kier alpha value is -10.6. The Kier molecular flexibility index (Phi) is 39.5. The maximum atomic E-state index is 13.4. The number of nitrogens with two attached hydrogens (primary N) is 2. The smallest absolute Gasteiger partial charge is 0.487 e. The number of aromatic nitrogens is 6. The normalized spacial score (nSPS) is 10.5. The van der Waals surface area contributed by atoms with Gasteiger partial charge in [0.2, 0.25) is 0 Å². The maximum Gasteiger partial charge on any atom is 0.526 e. The van der Waals surface area contributed by atoms with Crippen LogP contribution in [0.3, 0.4) is 0 Å². The van der Waals surface area contributed by atoms with Gasteiger partial charge in [-0.2, -0.15) is 8.42 Å². The number of ether oxygens (including phenoxy) is 3. The third kappa shape index (κ3) is 32.0. The Bertz CT molecular complexity index is 6250. The van der Waals surface area contributed by atoms with Crippen molar-refractivity contribution >= 4 is 211 Å². The van der Waals surface area contributed by atoms with Crippen LogP contribution in [0.4, 0.5) is 41.9 Å². The summed E-state index contributed by atoms with van der Waals surface area (Å²) in [5.41, 5.74) is 19.0. The lowest BCUT2D eigenvalue weighted by Gasteiger charge is -2.12. The van der Waals surface area contributed by atoms with Crippen molar-refractivity contribution in [3.8, 4) is 28.6 Å². The molecule has 37 heteroatoms. The van der Waals surface area contributed by atoms with E-state index in [0.717, 1.165) is 67.8 Å².